The summed E-state index contributed by atoms with van der Waals surface area (Å²) in [6.07, 6.45) is 2.08. The highest BCUT2D eigenvalue weighted by atomic mass is 16.1. The number of rotatable bonds is 7. The lowest BCUT2D eigenvalue weighted by Gasteiger charge is -2.25. The summed E-state index contributed by atoms with van der Waals surface area (Å²) >= 11 is 0. The zero-order chi connectivity index (χ0) is 15.3. The molecular formula is C19H30O. The van der Waals surface area contributed by atoms with Gasteiger partial charge >= 0.3 is 0 Å². The Bertz CT molecular complexity index is 414. The van der Waals surface area contributed by atoms with E-state index in [1.807, 2.05) is 13.8 Å². The molecule has 0 radical (unpaired) electrons. The molecule has 0 heterocycles. The molecule has 1 heteroatoms. The van der Waals surface area contributed by atoms with Crippen molar-refractivity contribution in [2.75, 3.05) is 0 Å². The second-order valence-electron chi connectivity index (χ2n) is 6.89. The molecule has 0 aliphatic heterocycles. The van der Waals surface area contributed by atoms with Gasteiger partial charge in [0.25, 0.3) is 0 Å². The molecule has 0 bridgehead atoms. The van der Waals surface area contributed by atoms with Crippen LogP contribution in [-0.2, 0) is 11.2 Å². The maximum atomic E-state index is 12.1. The lowest BCUT2D eigenvalue weighted by molar-refractivity contribution is -0.125. The minimum Gasteiger partial charge on any atom is -0.299 e. The van der Waals surface area contributed by atoms with Gasteiger partial charge in [-0.15, -0.1) is 0 Å². The molecule has 2 atom stereocenters. The quantitative estimate of drug-likeness (QED) is 0.679. The van der Waals surface area contributed by atoms with Gasteiger partial charge in [-0.1, -0.05) is 64.4 Å². The molecule has 112 valence electrons. The smallest absolute Gasteiger partial charge is 0.138 e. The number of benzene rings is 1. The molecule has 0 fully saturated rings. The predicted octanol–water partition coefficient (Wildman–Crippen LogP) is 5.06. The van der Waals surface area contributed by atoms with E-state index in [1.54, 1.807) is 0 Å². The van der Waals surface area contributed by atoms with E-state index in [4.69, 9.17) is 0 Å². The minimum absolute atomic E-state index is 0.150. The standard InChI is InChI=1S/C19H30O/c1-13(2)18(11-16(6)19(20)14(3)4)12-17-9-7-15(5)8-10-17/h7-10,13-14,16,18H,11-12H2,1-6H3/t16?,18-/m1/s1. The average Bonchev–Trinajstić information content (AvgIpc) is 2.39. The topological polar surface area (TPSA) is 17.1 Å². The van der Waals surface area contributed by atoms with Crippen LogP contribution in [0.2, 0.25) is 0 Å². The molecule has 0 amide bonds. The van der Waals surface area contributed by atoms with Crippen molar-refractivity contribution >= 4 is 5.78 Å². The molecular weight excluding hydrogens is 244 g/mol. The molecule has 0 N–H and O–H groups in total. The summed E-state index contributed by atoms with van der Waals surface area (Å²) in [5.41, 5.74) is 2.69. The number of ketones is 1. The molecule has 20 heavy (non-hydrogen) atoms. The average molecular weight is 274 g/mol. The fourth-order valence-electron chi connectivity index (χ4n) is 2.76. The van der Waals surface area contributed by atoms with Crippen LogP contribution in [0.3, 0.4) is 0 Å². The summed E-state index contributed by atoms with van der Waals surface area (Å²) in [5, 5.41) is 0. The van der Waals surface area contributed by atoms with E-state index in [2.05, 4.69) is 52.0 Å². The van der Waals surface area contributed by atoms with Gasteiger partial charge in [-0.25, -0.2) is 0 Å². The van der Waals surface area contributed by atoms with Gasteiger partial charge in [-0.05, 0) is 37.2 Å². The molecule has 1 aromatic carbocycles. The first-order chi connectivity index (χ1) is 9.31. The Morgan fingerprint density at radius 1 is 1.00 bits per heavy atom. The van der Waals surface area contributed by atoms with Gasteiger partial charge in [0.15, 0.2) is 0 Å². The maximum absolute atomic E-state index is 12.1. The van der Waals surface area contributed by atoms with E-state index in [9.17, 15) is 4.79 Å². The summed E-state index contributed by atoms with van der Waals surface area (Å²) in [4.78, 5) is 12.1. The Balaban J connectivity index is 2.70. The Hall–Kier alpha value is -1.11. The normalized spacial score (nSPS) is 14.6. The fraction of sp³-hybridized carbons (Fsp3) is 0.632. The first kappa shape index (κ1) is 16.9. The highest BCUT2D eigenvalue weighted by molar-refractivity contribution is 5.82. The Labute approximate surface area is 124 Å². The largest absolute Gasteiger partial charge is 0.299 e. The molecule has 1 aromatic rings. The first-order valence-electron chi connectivity index (χ1n) is 7.90. The number of aryl methyl sites for hydroxylation is 1. The molecule has 0 saturated carbocycles. The van der Waals surface area contributed by atoms with Crippen LogP contribution in [0.25, 0.3) is 0 Å². The Morgan fingerprint density at radius 3 is 2.00 bits per heavy atom. The Kier molecular flexibility index (Phi) is 6.45. The van der Waals surface area contributed by atoms with Gasteiger partial charge in [0.2, 0.25) is 0 Å². The number of hydrogen-bond donors (Lipinski definition) is 0. The van der Waals surface area contributed by atoms with Crippen LogP contribution in [-0.4, -0.2) is 5.78 Å². The first-order valence-corrected chi connectivity index (χ1v) is 7.90. The van der Waals surface area contributed by atoms with Crippen molar-refractivity contribution in [2.24, 2.45) is 23.7 Å². The van der Waals surface area contributed by atoms with Gasteiger partial charge < -0.3 is 0 Å². The highest BCUT2D eigenvalue weighted by Gasteiger charge is 2.23. The second-order valence-corrected chi connectivity index (χ2v) is 6.89. The summed E-state index contributed by atoms with van der Waals surface area (Å²) in [5.74, 6) is 1.92. The summed E-state index contributed by atoms with van der Waals surface area (Å²) in [6.45, 7) is 12.8. The van der Waals surface area contributed by atoms with E-state index in [-0.39, 0.29) is 11.8 Å². The van der Waals surface area contributed by atoms with Crippen LogP contribution in [0.15, 0.2) is 24.3 Å². The van der Waals surface area contributed by atoms with Crippen molar-refractivity contribution in [1.29, 1.82) is 0 Å². The fourth-order valence-corrected chi connectivity index (χ4v) is 2.76. The molecule has 1 rings (SSSR count). The molecule has 1 unspecified atom stereocenters. The van der Waals surface area contributed by atoms with Crippen LogP contribution in [0.4, 0.5) is 0 Å². The molecule has 0 aromatic heterocycles. The highest BCUT2D eigenvalue weighted by Crippen LogP contribution is 2.26. The molecule has 0 saturated heterocycles. The van der Waals surface area contributed by atoms with Crippen molar-refractivity contribution < 1.29 is 4.79 Å². The molecule has 1 nitrogen and oxygen atoms in total. The van der Waals surface area contributed by atoms with Crippen LogP contribution in [0, 0.1) is 30.6 Å². The van der Waals surface area contributed by atoms with Crippen molar-refractivity contribution in [3.63, 3.8) is 0 Å². The summed E-state index contributed by atoms with van der Waals surface area (Å²) in [6, 6.07) is 8.80. The molecule has 0 aliphatic carbocycles. The molecule has 0 aliphatic rings. The van der Waals surface area contributed by atoms with Gasteiger partial charge in [-0.3, -0.25) is 4.79 Å². The number of carbonyl (C=O) groups excluding carboxylic acids is 1. The second kappa shape index (κ2) is 7.61. The van der Waals surface area contributed by atoms with Crippen LogP contribution in [0.5, 0.6) is 0 Å². The molecule has 0 spiro atoms. The number of carbonyl (C=O) groups is 1. The van der Waals surface area contributed by atoms with Crippen LogP contribution >= 0.6 is 0 Å². The number of hydrogen-bond acceptors (Lipinski definition) is 1. The van der Waals surface area contributed by atoms with Crippen molar-refractivity contribution in [3.8, 4) is 0 Å². The van der Waals surface area contributed by atoms with E-state index in [1.165, 1.54) is 11.1 Å². The van der Waals surface area contributed by atoms with E-state index in [0.717, 1.165) is 12.8 Å². The monoisotopic (exact) mass is 274 g/mol. The van der Waals surface area contributed by atoms with Gasteiger partial charge in [0, 0.05) is 11.8 Å². The third kappa shape index (κ3) is 5.11. The minimum atomic E-state index is 0.150. The van der Waals surface area contributed by atoms with Crippen molar-refractivity contribution in [3.05, 3.63) is 35.4 Å². The SMILES string of the molecule is Cc1ccc(C[C@@H](CC(C)C(=O)C(C)C)C(C)C)cc1. The van der Waals surface area contributed by atoms with Crippen LogP contribution in [0.1, 0.15) is 52.2 Å². The zero-order valence-electron chi connectivity index (χ0n) is 13.9. The van der Waals surface area contributed by atoms with Gasteiger partial charge in [0.1, 0.15) is 5.78 Å². The predicted molar refractivity (Wildman–Crippen MR) is 86.8 cm³/mol. The third-order valence-corrected chi connectivity index (χ3v) is 4.27. The zero-order valence-corrected chi connectivity index (χ0v) is 13.9. The van der Waals surface area contributed by atoms with Crippen molar-refractivity contribution in [1.82, 2.24) is 0 Å². The number of Topliss-reactive ketones (excluding diaryl/α,β-unsaturated/α-hetero) is 1. The van der Waals surface area contributed by atoms with E-state index >= 15 is 0 Å². The summed E-state index contributed by atoms with van der Waals surface area (Å²) < 4.78 is 0. The Morgan fingerprint density at radius 2 is 1.55 bits per heavy atom. The van der Waals surface area contributed by atoms with Gasteiger partial charge in [-0.2, -0.15) is 0 Å². The van der Waals surface area contributed by atoms with E-state index < -0.39 is 0 Å². The maximum Gasteiger partial charge on any atom is 0.138 e. The van der Waals surface area contributed by atoms with E-state index in [0.29, 0.717) is 17.6 Å². The third-order valence-electron chi connectivity index (χ3n) is 4.27. The lowest BCUT2D eigenvalue weighted by Crippen LogP contribution is -2.23. The lowest BCUT2D eigenvalue weighted by atomic mass is 9.80. The summed E-state index contributed by atoms with van der Waals surface area (Å²) in [7, 11) is 0. The van der Waals surface area contributed by atoms with Crippen molar-refractivity contribution in [2.45, 2.75) is 54.4 Å². The van der Waals surface area contributed by atoms with Crippen LogP contribution < -0.4 is 0 Å². The van der Waals surface area contributed by atoms with Gasteiger partial charge in [0.05, 0.1) is 0 Å².